The number of anilines is 1. The molecule has 0 fully saturated rings. The van der Waals surface area contributed by atoms with E-state index in [1.165, 1.54) is 12.1 Å². The molecule has 11 nitrogen and oxygen atoms in total. The van der Waals surface area contributed by atoms with Crippen LogP contribution in [0.15, 0.2) is 86.4 Å². The highest BCUT2D eigenvalue weighted by molar-refractivity contribution is 8.00. The molecule has 2 aromatic carbocycles. The summed E-state index contributed by atoms with van der Waals surface area (Å²) in [6.07, 6.45) is 3.38. The van der Waals surface area contributed by atoms with E-state index in [2.05, 4.69) is 80.3 Å². The molecule has 1 aromatic heterocycles. The molecule has 16 heteroatoms. The Labute approximate surface area is 338 Å². The van der Waals surface area contributed by atoms with Crippen molar-refractivity contribution in [2.75, 3.05) is 42.2 Å². The van der Waals surface area contributed by atoms with E-state index in [0.717, 1.165) is 54.7 Å². The van der Waals surface area contributed by atoms with E-state index in [0.29, 0.717) is 38.6 Å². The Morgan fingerprint density at radius 3 is 2.11 bits per heavy atom. The van der Waals surface area contributed by atoms with E-state index in [-0.39, 0.29) is 22.6 Å². The first-order valence-electron chi connectivity index (χ1n) is 19.2. The zero-order valence-electron chi connectivity index (χ0n) is 33.9. The van der Waals surface area contributed by atoms with E-state index in [9.17, 15) is 21.4 Å². The minimum absolute atomic E-state index is 0.120. The van der Waals surface area contributed by atoms with Crippen molar-refractivity contribution >= 4 is 65.0 Å². The summed E-state index contributed by atoms with van der Waals surface area (Å²) in [5.74, 6) is 0.218. The average Bonchev–Trinajstić information content (AvgIpc) is 3.15. The summed E-state index contributed by atoms with van der Waals surface area (Å²) in [5, 5.41) is 2.98. The number of aromatic nitrogens is 2. The van der Waals surface area contributed by atoms with E-state index in [1.54, 1.807) is 24.2 Å². The van der Waals surface area contributed by atoms with Crippen molar-refractivity contribution in [2.24, 2.45) is 0 Å². The maximum Gasteiger partial charge on any atom is 0.295 e. The smallest absolute Gasteiger partial charge is 0.295 e. The summed E-state index contributed by atoms with van der Waals surface area (Å²) in [4.78, 5) is 10.4. The molecule has 1 aliphatic carbocycles. The minimum atomic E-state index is -4.90. The molecule has 1 aliphatic heterocycles. The van der Waals surface area contributed by atoms with Crippen LogP contribution in [0.4, 0.5) is 5.69 Å². The molecule has 0 amide bonds. The summed E-state index contributed by atoms with van der Waals surface area (Å²) >= 11 is 1.55. The van der Waals surface area contributed by atoms with Crippen molar-refractivity contribution in [3.05, 3.63) is 77.9 Å². The van der Waals surface area contributed by atoms with Crippen molar-refractivity contribution in [1.82, 2.24) is 14.5 Å². The molecule has 3 aromatic rings. The van der Waals surface area contributed by atoms with Crippen LogP contribution in [0.1, 0.15) is 40.2 Å². The molecule has 2 heterocycles. The number of nitrogens with zero attached hydrogens (tertiary/aromatic N) is 4. The number of hydrogen-bond donors (Lipinski definition) is 1. The number of sulfone groups is 1. The highest BCUT2D eigenvalue weighted by Crippen LogP contribution is 2.43. The number of rotatable bonds is 17. The lowest BCUT2D eigenvalue weighted by molar-refractivity contribution is 0.483. The average molecular weight is 856 g/mol. The fourth-order valence-electron chi connectivity index (χ4n) is 6.85. The normalized spacial score (nSPS) is 12.8. The molecule has 0 spiro atoms. The molecule has 0 radical (unpaired) electrons. The molecule has 0 saturated carbocycles. The molecule has 2 aliphatic rings. The van der Waals surface area contributed by atoms with Gasteiger partial charge < -0.3 is 13.4 Å². The van der Waals surface area contributed by atoms with Crippen LogP contribution in [0.3, 0.4) is 0 Å². The van der Waals surface area contributed by atoms with Crippen molar-refractivity contribution in [3.63, 3.8) is 0 Å². The predicted molar refractivity (Wildman–Crippen MR) is 233 cm³/mol. The van der Waals surface area contributed by atoms with Crippen molar-refractivity contribution in [1.29, 1.82) is 0 Å². The van der Waals surface area contributed by atoms with Gasteiger partial charge in [0.05, 0.1) is 16.7 Å². The Bertz CT molecular complexity index is 2440. The summed E-state index contributed by atoms with van der Waals surface area (Å²) < 4.78 is 79.6. The van der Waals surface area contributed by atoms with E-state index < -0.39 is 41.5 Å². The second-order valence-electron chi connectivity index (χ2n) is 15.0. The number of benzene rings is 3. The molecule has 56 heavy (non-hydrogen) atoms. The zero-order valence-corrected chi connectivity index (χ0v) is 38.4. The van der Waals surface area contributed by atoms with Gasteiger partial charge in [-0.3, -0.25) is 4.55 Å². The quantitative estimate of drug-likeness (QED) is 0.0243. The first-order valence-corrected chi connectivity index (χ1v) is 29.5. The number of aryl methyl sites for hydroxylation is 1. The molecular weight excluding hydrogens is 801 g/mol. The van der Waals surface area contributed by atoms with E-state index in [1.807, 2.05) is 36.4 Å². The van der Waals surface area contributed by atoms with Crippen LogP contribution in [0.25, 0.3) is 33.4 Å². The van der Waals surface area contributed by atoms with Gasteiger partial charge in [0.2, 0.25) is 5.36 Å². The van der Waals surface area contributed by atoms with Gasteiger partial charge in [-0.1, -0.05) is 24.8 Å². The topological polar surface area (TPSA) is 143 Å². The maximum atomic E-state index is 13.7. The van der Waals surface area contributed by atoms with E-state index in [4.69, 9.17) is 8.53 Å². The van der Waals surface area contributed by atoms with Crippen LogP contribution < -0.4 is 14.8 Å². The SMILES string of the molecule is CCN(CC)c1ccc2c(-c3ccc(S(=O)(=O)CCc4cnc(SC[Si](C)(C)O[Si](C)(C)CC)nc4)cc3S(=O)(=O)O)c3ccc(=[N+](CC)CC)cc-3oc2c1. The van der Waals surface area contributed by atoms with Crippen LogP contribution in [0.2, 0.25) is 32.2 Å². The molecule has 0 unspecified atom stereocenters. The van der Waals surface area contributed by atoms with Crippen molar-refractivity contribution in [3.8, 4) is 22.5 Å². The molecule has 302 valence electrons. The lowest BCUT2D eigenvalue weighted by Crippen LogP contribution is -2.46. The Morgan fingerprint density at radius 2 is 1.50 bits per heavy atom. The fourth-order valence-corrected chi connectivity index (χ4v) is 18.4. The highest BCUT2D eigenvalue weighted by atomic mass is 32.2. The second-order valence-corrected chi connectivity index (χ2v) is 28.9. The molecular formula is C40H55N4O7S3Si2+. The van der Waals surface area contributed by atoms with Gasteiger partial charge >= 0.3 is 0 Å². The summed E-state index contributed by atoms with van der Waals surface area (Å²) in [6.45, 7) is 22.4. The third-order valence-electron chi connectivity index (χ3n) is 10.1. The fraction of sp³-hybridized carbons (Fsp3) is 0.425. The van der Waals surface area contributed by atoms with Gasteiger partial charge in [-0.15, -0.1) is 0 Å². The Balaban J connectivity index is 1.51. The van der Waals surface area contributed by atoms with Crippen LogP contribution >= 0.6 is 11.8 Å². The first-order chi connectivity index (χ1) is 26.3. The third-order valence-corrected chi connectivity index (χ3v) is 22.7. The molecule has 1 N–H and O–H groups in total. The Hall–Kier alpha value is -3.39. The second kappa shape index (κ2) is 17.6. The number of thioether (sulfide) groups is 1. The number of hydrogen-bond acceptors (Lipinski definition) is 10. The number of fused-ring (bicyclic) bond motifs is 2. The first kappa shape index (κ1) is 43.7. The van der Waals surface area contributed by atoms with Gasteiger partial charge in [0.15, 0.2) is 31.6 Å². The van der Waals surface area contributed by atoms with Gasteiger partial charge in [-0.05, 0) is 102 Å². The Kier molecular flexibility index (Phi) is 13.8. The summed E-state index contributed by atoms with van der Waals surface area (Å²) in [6, 6.07) is 16.5. The molecule has 0 saturated heterocycles. The lowest BCUT2D eigenvalue weighted by atomic mass is 9.93. The van der Waals surface area contributed by atoms with Crippen molar-refractivity contribution < 1.29 is 29.9 Å². The Morgan fingerprint density at radius 1 is 0.839 bits per heavy atom. The summed E-state index contributed by atoms with van der Waals surface area (Å²) in [5.41, 5.74) is 3.41. The standard InChI is InChI=1S/C40H54N4O7S3Si2/c1-10-43(11-2)30-15-18-33-36(23-30)50-37-24-31(44(12-3)13-4)16-19-34(37)39(33)35-20-17-32(25-38(35)54(47,48)49)53(45,46)22-21-29-26-41-40(42-27-29)52-28-56(8,9)51-55(6,7)14-5/h15-20,23-27H,10-14,21-22,28H2,1-9H3/p+1. The monoisotopic (exact) mass is 855 g/mol. The third kappa shape index (κ3) is 10.2. The minimum Gasteiger partial charge on any atom is -0.456 e. The van der Waals surface area contributed by atoms with E-state index >= 15 is 0 Å². The van der Waals surface area contributed by atoms with Crippen LogP contribution in [-0.2, 0) is 30.5 Å². The van der Waals surface area contributed by atoms with Gasteiger partial charge in [-0.2, -0.15) is 8.42 Å². The lowest BCUT2D eigenvalue weighted by Gasteiger charge is -2.32. The van der Waals surface area contributed by atoms with Crippen LogP contribution in [-0.4, -0.2) is 85.3 Å². The maximum absolute atomic E-state index is 13.7. The van der Waals surface area contributed by atoms with Gasteiger partial charge in [0.1, 0.15) is 29.3 Å². The molecule has 5 rings (SSSR count). The predicted octanol–water partition coefficient (Wildman–Crippen LogP) is 7.99. The zero-order chi connectivity index (χ0) is 41.1. The van der Waals surface area contributed by atoms with Gasteiger partial charge in [0.25, 0.3) is 10.1 Å². The van der Waals surface area contributed by atoms with Crippen LogP contribution in [0.5, 0.6) is 0 Å². The summed E-state index contributed by atoms with van der Waals surface area (Å²) in [7, 11) is -12.5. The molecule has 0 bridgehead atoms. The van der Waals surface area contributed by atoms with Crippen LogP contribution in [0, 0.1) is 0 Å². The largest absolute Gasteiger partial charge is 0.456 e. The van der Waals surface area contributed by atoms with Gasteiger partial charge in [-0.25, -0.2) is 23.0 Å². The molecule has 0 atom stereocenters. The highest BCUT2D eigenvalue weighted by Gasteiger charge is 2.32. The van der Waals surface area contributed by atoms with Gasteiger partial charge in [0, 0.05) is 70.8 Å². The van der Waals surface area contributed by atoms with Crippen molar-refractivity contribution in [2.45, 2.75) is 88.2 Å².